The molecule has 118 valence electrons. The van der Waals surface area contributed by atoms with Gasteiger partial charge in [0.2, 0.25) is 0 Å². The van der Waals surface area contributed by atoms with Crippen LogP contribution in [0.1, 0.15) is 68.7 Å². The number of thiazole rings is 1. The number of rotatable bonds is 4. The lowest BCUT2D eigenvalue weighted by Gasteiger charge is -2.29. The van der Waals surface area contributed by atoms with Crippen molar-refractivity contribution in [2.45, 2.75) is 59.8 Å². The minimum absolute atomic E-state index is 0.389. The molecule has 0 N–H and O–H groups in total. The van der Waals surface area contributed by atoms with Crippen LogP contribution in [0.2, 0.25) is 0 Å². The van der Waals surface area contributed by atoms with Gasteiger partial charge in [0.25, 0.3) is 0 Å². The summed E-state index contributed by atoms with van der Waals surface area (Å²) in [6.45, 7) is 11.3. The molecule has 1 unspecified atom stereocenters. The molecule has 1 aliphatic rings. The molecule has 1 fully saturated rings. The Hall–Kier alpha value is -0.900. The second-order valence-electron chi connectivity index (χ2n) is 7.16. The van der Waals surface area contributed by atoms with E-state index in [0.717, 1.165) is 53.8 Å². The van der Waals surface area contributed by atoms with Gasteiger partial charge in [0.05, 0.1) is 10.6 Å². The summed E-state index contributed by atoms with van der Waals surface area (Å²) in [6.07, 6.45) is 6.67. The zero-order valence-electron chi connectivity index (χ0n) is 13.8. The largest absolute Gasteiger partial charge is 0.348 e. The summed E-state index contributed by atoms with van der Waals surface area (Å²) in [6, 6.07) is 0. The van der Waals surface area contributed by atoms with E-state index in [4.69, 9.17) is 4.98 Å². The van der Waals surface area contributed by atoms with E-state index in [1.165, 1.54) is 19.3 Å². The molecule has 4 heteroatoms. The molecule has 2 heterocycles. The monoisotopic (exact) mass is 308 g/mol. The van der Waals surface area contributed by atoms with Crippen molar-refractivity contribution in [2.75, 3.05) is 18.0 Å². The Morgan fingerprint density at radius 1 is 1.33 bits per heavy atom. The number of nitrogens with zero attached hydrogens (tertiary/aromatic N) is 2. The number of carbonyl (C=O) groups excluding carboxylic acids is 1. The molecule has 1 saturated heterocycles. The van der Waals surface area contributed by atoms with Crippen LogP contribution in [0, 0.1) is 11.3 Å². The molecule has 3 nitrogen and oxygen atoms in total. The standard InChI is InChI=1S/C17H28N2OS/c1-5-7-14-15(12-20)21-16(18-14)19-10-6-8-13(9-11-19)17(2,3)4/h12-13H,5-11H2,1-4H3. The van der Waals surface area contributed by atoms with Crippen molar-refractivity contribution in [1.82, 2.24) is 4.98 Å². The van der Waals surface area contributed by atoms with E-state index in [9.17, 15) is 4.79 Å². The van der Waals surface area contributed by atoms with Crippen molar-refractivity contribution in [3.05, 3.63) is 10.6 Å². The Morgan fingerprint density at radius 3 is 2.71 bits per heavy atom. The van der Waals surface area contributed by atoms with Gasteiger partial charge in [0.1, 0.15) is 0 Å². The average molecular weight is 308 g/mol. The molecule has 0 aliphatic carbocycles. The SMILES string of the molecule is CCCc1nc(N2CCCC(C(C)(C)C)CC2)sc1C=O. The van der Waals surface area contributed by atoms with Gasteiger partial charge in [0.15, 0.2) is 11.4 Å². The van der Waals surface area contributed by atoms with Gasteiger partial charge >= 0.3 is 0 Å². The fraction of sp³-hybridized carbons (Fsp3) is 0.765. The molecule has 1 aromatic rings. The summed E-state index contributed by atoms with van der Waals surface area (Å²) >= 11 is 1.57. The van der Waals surface area contributed by atoms with Gasteiger partial charge in [-0.25, -0.2) is 4.98 Å². The smallest absolute Gasteiger partial charge is 0.186 e. The Kier molecular flexibility index (Phi) is 5.42. The molecule has 0 saturated carbocycles. The Balaban J connectivity index is 2.10. The van der Waals surface area contributed by atoms with E-state index in [1.807, 2.05) is 0 Å². The van der Waals surface area contributed by atoms with E-state index in [2.05, 4.69) is 32.6 Å². The molecule has 1 atom stereocenters. The summed E-state index contributed by atoms with van der Waals surface area (Å²) in [4.78, 5) is 19.2. The highest BCUT2D eigenvalue weighted by molar-refractivity contribution is 7.17. The third-order valence-electron chi connectivity index (χ3n) is 4.53. The number of anilines is 1. The van der Waals surface area contributed by atoms with Gasteiger partial charge < -0.3 is 4.90 Å². The predicted molar refractivity (Wildman–Crippen MR) is 90.5 cm³/mol. The van der Waals surface area contributed by atoms with E-state index in [-0.39, 0.29) is 0 Å². The molecule has 1 aliphatic heterocycles. The van der Waals surface area contributed by atoms with Gasteiger partial charge in [-0.05, 0) is 37.0 Å². The quantitative estimate of drug-likeness (QED) is 0.764. The van der Waals surface area contributed by atoms with Crippen LogP contribution in [0.5, 0.6) is 0 Å². The van der Waals surface area contributed by atoms with Crippen LogP contribution < -0.4 is 4.90 Å². The van der Waals surface area contributed by atoms with Crippen LogP contribution in [0.3, 0.4) is 0 Å². The molecule has 0 radical (unpaired) electrons. The predicted octanol–water partition coefficient (Wildman–Crippen LogP) is 4.56. The fourth-order valence-corrected chi connectivity index (χ4v) is 4.13. The maximum Gasteiger partial charge on any atom is 0.186 e. The highest BCUT2D eigenvalue weighted by Gasteiger charge is 2.28. The second kappa shape index (κ2) is 6.91. The third-order valence-corrected chi connectivity index (χ3v) is 5.62. The van der Waals surface area contributed by atoms with E-state index in [0.29, 0.717) is 5.41 Å². The van der Waals surface area contributed by atoms with Crippen LogP contribution >= 0.6 is 11.3 Å². The van der Waals surface area contributed by atoms with E-state index >= 15 is 0 Å². The topological polar surface area (TPSA) is 33.2 Å². The van der Waals surface area contributed by atoms with Crippen LogP contribution in [0.4, 0.5) is 5.13 Å². The molecule has 0 aromatic carbocycles. The fourth-order valence-electron chi connectivity index (χ4n) is 3.15. The van der Waals surface area contributed by atoms with Crippen LogP contribution in [-0.4, -0.2) is 24.4 Å². The average Bonchev–Trinajstić information content (AvgIpc) is 2.66. The first-order valence-electron chi connectivity index (χ1n) is 8.15. The van der Waals surface area contributed by atoms with Crippen molar-refractivity contribution in [2.24, 2.45) is 11.3 Å². The lowest BCUT2D eigenvalue weighted by atomic mass is 9.77. The number of aryl methyl sites for hydroxylation is 1. The van der Waals surface area contributed by atoms with Gasteiger partial charge in [-0.15, -0.1) is 0 Å². The Bertz CT molecular complexity index is 476. The summed E-state index contributed by atoms with van der Waals surface area (Å²) in [5.41, 5.74) is 1.38. The summed E-state index contributed by atoms with van der Waals surface area (Å²) in [7, 11) is 0. The van der Waals surface area contributed by atoms with Crippen molar-refractivity contribution in [1.29, 1.82) is 0 Å². The number of hydrogen-bond donors (Lipinski definition) is 0. The number of aldehydes is 1. The molecule has 2 rings (SSSR count). The third kappa shape index (κ3) is 4.06. The van der Waals surface area contributed by atoms with E-state index in [1.54, 1.807) is 11.3 Å². The molecular weight excluding hydrogens is 280 g/mol. The minimum Gasteiger partial charge on any atom is -0.348 e. The molecular formula is C17H28N2OS. The number of hydrogen-bond acceptors (Lipinski definition) is 4. The van der Waals surface area contributed by atoms with Crippen LogP contribution in [-0.2, 0) is 6.42 Å². The highest BCUT2D eigenvalue weighted by Crippen LogP contribution is 2.36. The maximum atomic E-state index is 11.2. The molecule has 0 bridgehead atoms. The summed E-state index contributed by atoms with van der Waals surface area (Å²) in [5.74, 6) is 0.781. The first-order valence-corrected chi connectivity index (χ1v) is 8.97. The van der Waals surface area contributed by atoms with E-state index < -0.39 is 0 Å². The summed E-state index contributed by atoms with van der Waals surface area (Å²) < 4.78 is 0. The van der Waals surface area contributed by atoms with Crippen LogP contribution in [0.25, 0.3) is 0 Å². The van der Waals surface area contributed by atoms with Crippen molar-refractivity contribution in [3.8, 4) is 0 Å². The van der Waals surface area contributed by atoms with Gasteiger partial charge in [-0.1, -0.05) is 45.5 Å². The lowest BCUT2D eigenvalue weighted by Crippen LogP contribution is -2.26. The maximum absolute atomic E-state index is 11.2. The van der Waals surface area contributed by atoms with Crippen molar-refractivity contribution >= 4 is 22.8 Å². The van der Waals surface area contributed by atoms with Crippen molar-refractivity contribution < 1.29 is 4.79 Å². The zero-order chi connectivity index (χ0) is 15.5. The van der Waals surface area contributed by atoms with Gasteiger partial charge in [-0.3, -0.25) is 4.79 Å². The Morgan fingerprint density at radius 2 is 2.10 bits per heavy atom. The first-order chi connectivity index (χ1) is 9.95. The number of aromatic nitrogens is 1. The van der Waals surface area contributed by atoms with Crippen LogP contribution in [0.15, 0.2) is 0 Å². The minimum atomic E-state index is 0.389. The molecule has 0 amide bonds. The first kappa shape index (κ1) is 16.5. The molecule has 0 spiro atoms. The zero-order valence-corrected chi connectivity index (χ0v) is 14.6. The molecule has 21 heavy (non-hydrogen) atoms. The lowest BCUT2D eigenvalue weighted by molar-refractivity contribution is 0.112. The van der Waals surface area contributed by atoms with Gasteiger partial charge in [-0.2, -0.15) is 0 Å². The molecule has 1 aromatic heterocycles. The summed E-state index contributed by atoms with van der Waals surface area (Å²) in [5, 5.41) is 1.05. The van der Waals surface area contributed by atoms with Crippen molar-refractivity contribution in [3.63, 3.8) is 0 Å². The highest BCUT2D eigenvalue weighted by atomic mass is 32.1. The normalized spacial score (nSPS) is 20.4. The Labute approximate surface area is 132 Å². The number of carbonyl (C=O) groups is 1. The van der Waals surface area contributed by atoms with Gasteiger partial charge in [0, 0.05) is 13.1 Å². The second-order valence-corrected chi connectivity index (χ2v) is 8.17.